The molecule has 0 aromatic heterocycles. The van der Waals surface area contributed by atoms with E-state index in [-0.39, 0.29) is 24.3 Å². The van der Waals surface area contributed by atoms with Crippen LogP contribution in [-0.4, -0.2) is 47.0 Å². The maximum Gasteiger partial charge on any atom is 0.314 e. The van der Waals surface area contributed by atoms with E-state index in [4.69, 9.17) is 10.8 Å². The number of urea groups is 1. The van der Waals surface area contributed by atoms with E-state index in [1.54, 1.807) is 0 Å². The third-order valence-corrected chi connectivity index (χ3v) is 3.51. The van der Waals surface area contributed by atoms with Gasteiger partial charge in [0.1, 0.15) is 0 Å². The Bertz CT molecular complexity index is 373. The molecule has 0 aromatic rings. The first-order chi connectivity index (χ1) is 9.43. The molecule has 1 saturated heterocycles. The number of primary amides is 1. The SMILES string of the molecule is CCCC(CC(=O)O)NC(=O)C1CCCN(C(N)=O)C1. The molecule has 0 aliphatic carbocycles. The lowest BCUT2D eigenvalue weighted by molar-refractivity contribution is -0.138. The molecule has 2 atom stereocenters. The molecule has 3 amide bonds. The van der Waals surface area contributed by atoms with Crippen LogP contribution in [0.3, 0.4) is 0 Å². The summed E-state index contributed by atoms with van der Waals surface area (Å²) in [4.78, 5) is 35.5. The fourth-order valence-electron chi connectivity index (χ4n) is 2.49. The zero-order valence-electron chi connectivity index (χ0n) is 11.8. The van der Waals surface area contributed by atoms with Crippen LogP contribution in [0.5, 0.6) is 0 Å². The Hall–Kier alpha value is -1.79. The summed E-state index contributed by atoms with van der Waals surface area (Å²) in [5.74, 6) is -1.41. The van der Waals surface area contributed by atoms with E-state index >= 15 is 0 Å². The highest BCUT2D eigenvalue weighted by Gasteiger charge is 2.28. The van der Waals surface area contributed by atoms with E-state index in [9.17, 15) is 14.4 Å². The Morgan fingerprint density at radius 1 is 1.45 bits per heavy atom. The van der Waals surface area contributed by atoms with Crippen LogP contribution in [0.4, 0.5) is 4.79 Å². The minimum Gasteiger partial charge on any atom is -0.481 e. The van der Waals surface area contributed by atoms with Gasteiger partial charge in [-0.2, -0.15) is 0 Å². The first-order valence-corrected chi connectivity index (χ1v) is 7.00. The van der Waals surface area contributed by atoms with Gasteiger partial charge in [-0.25, -0.2) is 4.79 Å². The minimum absolute atomic E-state index is 0.0775. The van der Waals surface area contributed by atoms with Crippen LogP contribution in [0.25, 0.3) is 0 Å². The highest BCUT2D eigenvalue weighted by Crippen LogP contribution is 2.17. The van der Waals surface area contributed by atoms with E-state index in [2.05, 4.69) is 5.32 Å². The van der Waals surface area contributed by atoms with Crippen molar-refractivity contribution in [3.05, 3.63) is 0 Å². The number of carboxylic acids is 1. The summed E-state index contributed by atoms with van der Waals surface area (Å²) in [6, 6.07) is -0.868. The van der Waals surface area contributed by atoms with Gasteiger partial charge < -0.3 is 21.1 Å². The second-order valence-corrected chi connectivity index (χ2v) is 5.22. The monoisotopic (exact) mass is 285 g/mol. The van der Waals surface area contributed by atoms with Crippen molar-refractivity contribution in [1.82, 2.24) is 10.2 Å². The van der Waals surface area contributed by atoms with Gasteiger partial charge in [-0.15, -0.1) is 0 Å². The van der Waals surface area contributed by atoms with Crippen LogP contribution in [0.1, 0.15) is 39.0 Å². The minimum atomic E-state index is -0.925. The molecule has 1 aliphatic heterocycles. The standard InChI is InChI=1S/C13H23N3O4/c1-2-4-10(7-11(17)18)15-12(19)9-5-3-6-16(8-9)13(14)20/h9-10H,2-8H2,1H3,(H2,14,20)(H,15,19)(H,17,18). The van der Waals surface area contributed by atoms with Gasteiger partial charge in [-0.05, 0) is 19.3 Å². The van der Waals surface area contributed by atoms with E-state index in [0.717, 1.165) is 12.8 Å². The number of hydrogen-bond acceptors (Lipinski definition) is 3. The van der Waals surface area contributed by atoms with Crippen LogP contribution in [0, 0.1) is 5.92 Å². The summed E-state index contributed by atoms with van der Waals surface area (Å²) < 4.78 is 0. The first kappa shape index (κ1) is 16.3. The molecule has 0 bridgehead atoms. The number of piperidine rings is 1. The molecule has 20 heavy (non-hydrogen) atoms. The molecular formula is C13H23N3O4. The Morgan fingerprint density at radius 2 is 2.15 bits per heavy atom. The number of nitrogens with two attached hydrogens (primary N) is 1. The van der Waals surface area contributed by atoms with Gasteiger partial charge in [0.2, 0.25) is 5.91 Å². The van der Waals surface area contributed by atoms with Crippen molar-refractivity contribution in [2.45, 2.75) is 45.1 Å². The predicted molar refractivity (Wildman–Crippen MR) is 73.0 cm³/mol. The van der Waals surface area contributed by atoms with Gasteiger partial charge in [0.05, 0.1) is 12.3 Å². The number of carboxylic acid groups (broad SMARTS) is 1. The van der Waals surface area contributed by atoms with E-state index in [1.165, 1.54) is 4.90 Å². The molecule has 1 fully saturated rings. The van der Waals surface area contributed by atoms with Crippen molar-refractivity contribution >= 4 is 17.9 Å². The van der Waals surface area contributed by atoms with Gasteiger partial charge >= 0.3 is 12.0 Å². The molecule has 4 N–H and O–H groups in total. The number of nitrogens with one attached hydrogen (secondary N) is 1. The molecular weight excluding hydrogens is 262 g/mol. The summed E-state index contributed by atoms with van der Waals surface area (Å²) >= 11 is 0. The molecule has 1 rings (SSSR count). The second-order valence-electron chi connectivity index (χ2n) is 5.22. The molecule has 2 unspecified atom stereocenters. The van der Waals surface area contributed by atoms with E-state index in [1.807, 2.05) is 6.92 Å². The van der Waals surface area contributed by atoms with Crippen LogP contribution in [0.15, 0.2) is 0 Å². The highest BCUT2D eigenvalue weighted by atomic mass is 16.4. The predicted octanol–water partition coefficient (Wildman–Crippen LogP) is 0.537. The molecule has 0 radical (unpaired) electrons. The summed E-state index contributed by atoms with van der Waals surface area (Å²) in [7, 11) is 0. The summed E-state index contributed by atoms with van der Waals surface area (Å²) in [6.45, 7) is 2.83. The lowest BCUT2D eigenvalue weighted by Gasteiger charge is -2.31. The van der Waals surface area contributed by atoms with Gasteiger partial charge in [-0.1, -0.05) is 13.3 Å². The van der Waals surface area contributed by atoms with Gasteiger partial charge in [0.25, 0.3) is 0 Å². The molecule has 7 nitrogen and oxygen atoms in total. The van der Waals surface area contributed by atoms with Crippen molar-refractivity contribution in [3.63, 3.8) is 0 Å². The number of nitrogens with zero attached hydrogens (tertiary/aromatic N) is 1. The Morgan fingerprint density at radius 3 is 2.70 bits per heavy atom. The van der Waals surface area contributed by atoms with Crippen molar-refractivity contribution in [1.29, 1.82) is 0 Å². The number of carbonyl (C=O) groups is 3. The normalized spacial score (nSPS) is 20.2. The first-order valence-electron chi connectivity index (χ1n) is 7.00. The molecule has 1 heterocycles. The number of carbonyl (C=O) groups excluding carboxylic acids is 2. The van der Waals surface area contributed by atoms with Crippen molar-refractivity contribution in [3.8, 4) is 0 Å². The Balaban J connectivity index is 2.54. The number of hydrogen-bond donors (Lipinski definition) is 3. The number of rotatable bonds is 6. The molecule has 7 heteroatoms. The highest BCUT2D eigenvalue weighted by molar-refractivity contribution is 5.81. The fourth-order valence-corrected chi connectivity index (χ4v) is 2.49. The maximum atomic E-state index is 12.2. The topological polar surface area (TPSA) is 113 Å². The quantitative estimate of drug-likeness (QED) is 0.661. The summed E-state index contributed by atoms with van der Waals surface area (Å²) in [5, 5.41) is 11.6. The molecule has 0 saturated carbocycles. The van der Waals surface area contributed by atoms with Gasteiger partial charge in [0, 0.05) is 19.1 Å². The van der Waals surface area contributed by atoms with Crippen LogP contribution < -0.4 is 11.1 Å². The average Bonchev–Trinajstić information content (AvgIpc) is 2.38. The number of aliphatic carboxylic acids is 1. The smallest absolute Gasteiger partial charge is 0.314 e. The summed E-state index contributed by atoms with van der Waals surface area (Å²) in [5.41, 5.74) is 5.22. The van der Waals surface area contributed by atoms with Crippen molar-refractivity contribution in [2.24, 2.45) is 11.7 Å². The lowest BCUT2D eigenvalue weighted by Crippen LogP contribution is -2.49. The molecule has 1 aliphatic rings. The average molecular weight is 285 g/mol. The van der Waals surface area contributed by atoms with Crippen LogP contribution in [-0.2, 0) is 9.59 Å². The van der Waals surface area contributed by atoms with Crippen LogP contribution >= 0.6 is 0 Å². The van der Waals surface area contributed by atoms with E-state index in [0.29, 0.717) is 25.9 Å². The lowest BCUT2D eigenvalue weighted by atomic mass is 9.96. The zero-order chi connectivity index (χ0) is 15.1. The van der Waals surface area contributed by atoms with Crippen LogP contribution in [0.2, 0.25) is 0 Å². The van der Waals surface area contributed by atoms with Gasteiger partial charge in [0.15, 0.2) is 0 Å². The molecule has 0 aromatic carbocycles. The Labute approximate surface area is 118 Å². The van der Waals surface area contributed by atoms with E-state index < -0.39 is 12.0 Å². The molecule has 0 spiro atoms. The third kappa shape index (κ3) is 5.07. The second kappa shape index (κ2) is 7.72. The largest absolute Gasteiger partial charge is 0.481 e. The molecule has 114 valence electrons. The van der Waals surface area contributed by atoms with Gasteiger partial charge in [-0.3, -0.25) is 9.59 Å². The van der Waals surface area contributed by atoms with Crippen molar-refractivity contribution < 1.29 is 19.5 Å². The zero-order valence-corrected chi connectivity index (χ0v) is 11.8. The van der Waals surface area contributed by atoms with Crippen molar-refractivity contribution in [2.75, 3.05) is 13.1 Å². The number of likely N-dealkylation sites (tertiary alicyclic amines) is 1. The maximum absolute atomic E-state index is 12.2. The summed E-state index contributed by atoms with van der Waals surface area (Å²) in [6.07, 6.45) is 2.78. The number of amides is 3. The Kier molecular flexibility index (Phi) is 6.27. The fraction of sp³-hybridized carbons (Fsp3) is 0.769. The third-order valence-electron chi connectivity index (χ3n) is 3.51.